The second kappa shape index (κ2) is 6.72. The van der Waals surface area contributed by atoms with E-state index in [1.54, 1.807) is 12.0 Å². The van der Waals surface area contributed by atoms with Gasteiger partial charge in [-0.1, -0.05) is 12.1 Å². The summed E-state index contributed by atoms with van der Waals surface area (Å²) in [4.78, 5) is 26.0. The standard InChI is InChI=1S/C16H22N2O3/c1-11-5-4-6-14(7-11)17-16(20)13-8-15(19)18(9-13)12(2)10-21-3/h4-7,12-13H,8-10H2,1-3H3,(H,17,20)/t12-,13+/m1/s1. The van der Waals surface area contributed by atoms with E-state index in [4.69, 9.17) is 4.74 Å². The molecule has 1 heterocycles. The van der Waals surface area contributed by atoms with Crippen LogP contribution >= 0.6 is 0 Å². The first kappa shape index (κ1) is 15.5. The number of likely N-dealkylation sites (tertiary alicyclic amines) is 1. The van der Waals surface area contributed by atoms with Crippen molar-refractivity contribution in [2.75, 3.05) is 25.6 Å². The summed E-state index contributed by atoms with van der Waals surface area (Å²) in [5, 5.41) is 2.89. The van der Waals surface area contributed by atoms with E-state index < -0.39 is 0 Å². The van der Waals surface area contributed by atoms with E-state index in [0.29, 0.717) is 13.2 Å². The van der Waals surface area contributed by atoms with Crippen LogP contribution in [0, 0.1) is 12.8 Å². The van der Waals surface area contributed by atoms with Crippen LogP contribution in [0.4, 0.5) is 5.69 Å². The molecule has 1 aliphatic rings. The lowest BCUT2D eigenvalue weighted by atomic mass is 10.1. The molecular formula is C16H22N2O3. The number of benzene rings is 1. The molecule has 1 aromatic rings. The maximum absolute atomic E-state index is 12.3. The van der Waals surface area contributed by atoms with Gasteiger partial charge in [-0.2, -0.15) is 0 Å². The molecule has 5 heteroatoms. The van der Waals surface area contributed by atoms with Gasteiger partial charge in [0.25, 0.3) is 0 Å². The molecule has 0 spiro atoms. The molecule has 1 saturated heterocycles. The predicted octanol–water partition coefficient (Wildman–Crippen LogP) is 1.82. The highest BCUT2D eigenvalue weighted by atomic mass is 16.5. The topological polar surface area (TPSA) is 58.6 Å². The summed E-state index contributed by atoms with van der Waals surface area (Å²) in [6.07, 6.45) is 0.270. The van der Waals surface area contributed by atoms with Crippen LogP contribution in [0.25, 0.3) is 0 Å². The Hall–Kier alpha value is -1.88. The highest BCUT2D eigenvalue weighted by Crippen LogP contribution is 2.22. The number of anilines is 1. The van der Waals surface area contributed by atoms with Crippen LogP contribution in [-0.2, 0) is 14.3 Å². The fourth-order valence-electron chi connectivity index (χ4n) is 2.63. The third-order valence-electron chi connectivity index (χ3n) is 3.75. The van der Waals surface area contributed by atoms with Gasteiger partial charge < -0.3 is 15.0 Å². The van der Waals surface area contributed by atoms with Gasteiger partial charge in [0.1, 0.15) is 0 Å². The average molecular weight is 290 g/mol. The van der Waals surface area contributed by atoms with E-state index in [1.807, 2.05) is 38.1 Å². The summed E-state index contributed by atoms with van der Waals surface area (Å²) < 4.78 is 5.07. The van der Waals surface area contributed by atoms with Crippen molar-refractivity contribution >= 4 is 17.5 Å². The molecule has 0 aromatic heterocycles. The lowest BCUT2D eigenvalue weighted by molar-refractivity contribution is -0.130. The fraction of sp³-hybridized carbons (Fsp3) is 0.500. The number of carbonyl (C=O) groups excluding carboxylic acids is 2. The minimum Gasteiger partial charge on any atom is -0.383 e. The number of nitrogens with zero attached hydrogens (tertiary/aromatic N) is 1. The second-order valence-electron chi connectivity index (χ2n) is 5.61. The van der Waals surface area contributed by atoms with Crippen LogP contribution in [0.1, 0.15) is 18.9 Å². The van der Waals surface area contributed by atoms with Crippen molar-refractivity contribution < 1.29 is 14.3 Å². The normalized spacial score (nSPS) is 19.7. The van der Waals surface area contributed by atoms with Crippen molar-refractivity contribution in [1.29, 1.82) is 0 Å². The summed E-state index contributed by atoms with van der Waals surface area (Å²) in [5.74, 6) is -0.373. The van der Waals surface area contributed by atoms with Crippen molar-refractivity contribution in [2.45, 2.75) is 26.3 Å². The molecule has 2 atom stereocenters. The summed E-state index contributed by atoms with van der Waals surface area (Å²) >= 11 is 0. The number of carbonyl (C=O) groups is 2. The molecule has 2 amide bonds. The van der Waals surface area contributed by atoms with Gasteiger partial charge >= 0.3 is 0 Å². The Morgan fingerprint density at radius 2 is 2.29 bits per heavy atom. The molecule has 0 saturated carbocycles. The van der Waals surface area contributed by atoms with E-state index in [-0.39, 0.29) is 30.2 Å². The molecule has 21 heavy (non-hydrogen) atoms. The van der Waals surface area contributed by atoms with E-state index in [1.165, 1.54) is 0 Å². The number of nitrogens with one attached hydrogen (secondary N) is 1. The SMILES string of the molecule is COC[C@@H](C)N1C[C@@H](C(=O)Nc2cccc(C)c2)CC1=O. The van der Waals surface area contributed by atoms with Crippen LogP contribution in [0.15, 0.2) is 24.3 Å². The molecule has 114 valence electrons. The molecule has 5 nitrogen and oxygen atoms in total. The largest absolute Gasteiger partial charge is 0.383 e. The number of aryl methyl sites for hydroxylation is 1. The van der Waals surface area contributed by atoms with Crippen molar-refractivity contribution in [3.63, 3.8) is 0 Å². The van der Waals surface area contributed by atoms with E-state index >= 15 is 0 Å². The number of ether oxygens (including phenoxy) is 1. The van der Waals surface area contributed by atoms with Crippen LogP contribution in [0.2, 0.25) is 0 Å². The average Bonchev–Trinajstić information content (AvgIpc) is 2.81. The Morgan fingerprint density at radius 3 is 2.95 bits per heavy atom. The van der Waals surface area contributed by atoms with E-state index in [2.05, 4.69) is 5.32 Å². The van der Waals surface area contributed by atoms with Gasteiger partial charge in [-0.25, -0.2) is 0 Å². The Balaban J connectivity index is 1.97. The number of hydrogen-bond donors (Lipinski definition) is 1. The first-order valence-corrected chi connectivity index (χ1v) is 7.17. The minimum atomic E-state index is -0.294. The maximum atomic E-state index is 12.3. The van der Waals surface area contributed by atoms with Crippen LogP contribution in [0.3, 0.4) is 0 Å². The Bertz CT molecular complexity index is 530. The summed E-state index contributed by atoms with van der Waals surface area (Å²) in [5.41, 5.74) is 1.86. The van der Waals surface area contributed by atoms with Crippen LogP contribution < -0.4 is 5.32 Å². The zero-order chi connectivity index (χ0) is 15.4. The number of rotatable bonds is 5. The highest BCUT2D eigenvalue weighted by Gasteiger charge is 2.36. The van der Waals surface area contributed by atoms with Crippen LogP contribution in [0.5, 0.6) is 0 Å². The monoisotopic (exact) mass is 290 g/mol. The molecule has 1 N–H and O–H groups in total. The van der Waals surface area contributed by atoms with Crippen molar-refractivity contribution in [2.24, 2.45) is 5.92 Å². The van der Waals surface area contributed by atoms with E-state index in [0.717, 1.165) is 11.3 Å². The van der Waals surface area contributed by atoms with E-state index in [9.17, 15) is 9.59 Å². The molecule has 1 fully saturated rings. The molecule has 1 aliphatic heterocycles. The molecule has 0 aliphatic carbocycles. The van der Waals surface area contributed by atoms with Gasteiger partial charge in [0, 0.05) is 25.8 Å². The number of hydrogen-bond acceptors (Lipinski definition) is 3. The first-order chi connectivity index (χ1) is 10.0. The summed E-state index contributed by atoms with van der Waals surface area (Å²) in [7, 11) is 1.61. The van der Waals surface area contributed by atoms with Crippen LogP contribution in [-0.4, -0.2) is 43.0 Å². The molecular weight excluding hydrogens is 268 g/mol. The highest BCUT2D eigenvalue weighted by molar-refractivity contribution is 5.97. The maximum Gasteiger partial charge on any atom is 0.229 e. The zero-order valence-electron chi connectivity index (χ0n) is 12.8. The summed E-state index contributed by atoms with van der Waals surface area (Å²) in [6, 6.07) is 7.65. The lowest BCUT2D eigenvalue weighted by Gasteiger charge is -2.23. The zero-order valence-corrected chi connectivity index (χ0v) is 12.8. The Morgan fingerprint density at radius 1 is 1.52 bits per heavy atom. The number of methoxy groups -OCH3 is 1. The van der Waals surface area contributed by atoms with Gasteiger partial charge in [-0.3, -0.25) is 9.59 Å². The number of amides is 2. The summed E-state index contributed by atoms with van der Waals surface area (Å²) in [6.45, 7) is 4.85. The lowest BCUT2D eigenvalue weighted by Crippen LogP contribution is -2.38. The molecule has 1 aromatic carbocycles. The van der Waals surface area contributed by atoms with Gasteiger partial charge in [-0.05, 0) is 31.5 Å². The third kappa shape index (κ3) is 3.82. The Kier molecular flexibility index (Phi) is 4.96. The van der Waals surface area contributed by atoms with Crippen molar-refractivity contribution in [3.8, 4) is 0 Å². The molecule has 0 radical (unpaired) electrons. The second-order valence-corrected chi connectivity index (χ2v) is 5.61. The molecule has 0 bridgehead atoms. The molecule has 0 unspecified atom stereocenters. The quantitative estimate of drug-likeness (QED) is 0.900. The smallest absolute Gasteiger partial charge is 0.229 e. The predicted molar refractivity (Wildman–Crippen MR) is 81.0 cm³/mol. The third-order valence-corrected chi connectivity index (χ3v) is 3.75. The molecule has 2 rings (SSSR count). The fourth-order valence-corrected chi connectivity index (χ4v) is 2.63. The van der Waals surface area contributed by atoms with Crippen molar-refractivity contribution in [1.82, 2.24) is 4.90 Å². The van der Waals surface area contributed by atoms with Gasteiger partial charge in [-0.15, -0.1) is 0 Å². The van der Waals surface area contributed by atoms with Gasteiger partial charge in [0.05, 0.1) is 18.6 Å². The van der Waals surface area contributed by atoms with Crippen molar-refractivity contribution in [3.05, 3.63) is 29.8 Å². The minimum absolute atomic E-state index is 0.000676. The van der Waals surface area contributed by atoms with Gasteiger partial charge in [0.2, 0.25) is 11.8 Å². The first-order valence-electron chi connectivity index (χ1n) is 7.17. The van der Waals surface area contributed by atoms with Gasteiger partial charge in [0.15, 0.2) is 0 Å². The Labute approximate surface area is 125 Å².